The molecule has 1 N–H and O–H groups in total. The lowest BCUT2D eigenvalue weighted by molar-refractivity contribution is -0.0501. The van der Waals surface area contributed by atoms with Crippen LogP contribution in [0.1, 0.15) is 22.3 Å². The number of benzene rings is 1. The number of aryl methyl sites for hydroxylation is 1. The first-order chi connectivity index (χ1) is 10.7. The highest BCUT2D eigenvalue weighted by atomic mass is 19.3. The second-order valence-electron chi connectivity index (χ2n) is 4.59. The Bertz CT molecular complexity index is 606. The number of carbonyl (C=O) groups excluding carboxylic acids is 1. The van der Waals surface area contributed by atoms with Crippen LogP contribution in [0.25, 0.3) is 0 Å². The van der Waals surface area contributed by atoms with Crippen LogP contribution in [0.5, 0.6) is 5.75 Å². The van der Waals surface area contributed by atoms with Gasteiger partial charge in [-0.25, -0.2) is 0 Å². The van der Waals surface area contributed by atoms with Crippen LogP contribution in [-0.2, 0) is 6.42 Å². The zero-order chi connectivity index (χ0) is 15.8. The number of hydrogen-bond donors (Lipinski definition) is 1. The predicted molar refractivity (Wildman–Crippen MR) is 78.0 cm³/mol. The van der Waals surface area contributed by atoms with E-state index in [2.05, 4.69) is 15.0 Å². The molecule has 0 saturated heterocycles. The number of ether oxygens (including phenoxy) is 1. The number of alkyl halides is 2. The number of nitrogens with one attached hydrogen (secondary N) is 1. The summed E-state index contributed by atoms with van der Waals surface area (Å²) in [6.45, 7) is -2.51. The Morgan fingerprint density at radius 2 is 1.91 bits per heavy atom. The van der Waals surface area contributed by atoms with Crippen LogP contribution in [0.3, 0.4) is 0 Å². The highest BCUT2D eigenvalue weighted by Crippen LogP contribution is 2.20. The molecule has 0 bridgehead atoms. The minimum atomic E-state index is -2.96. The van der Waals surface area contributed by atoms with Crippen LogP contribution in [0, 0.1) is 0 Å². The molecule has 0 aliphatic carbocycles. The van der Waals surface area contributed by atoms with E-state index in [4.69, 9.17) is 0 Å². The van der Waals surface area contributed by atoms with E-state index < -0.39 is 12.5 Å². The Morgan fingerprint density at radius 3 is 2.64 bits per heavy atom. The monoisotopic (exact) mass is 306 g/mol. The van der Waals surface area contributed by atoms with E-state index in [0.717, 1.165) is 18.4 Å². The first-order valence-electron chi connectivity index (χ1n) is 6.88. The fraction of sp³-hybridized carbons (Fsp3) is 0.250. The lowest BCUT2D eigenvalue weighted by atomic mass is 10.1. The van der Waals surface area contributed by atoms with Gasteiger partial charge < -0.3 is 10.1 Å². The van der Waals surface area contributed by atoms with E-state index >= 15 is 0 Å². The van der Waals surface area contributed by atoms with Gasteiger partial charge in [-0.05, 0) is 42.7 Å². The van der Waals surface area contributed by atoms with Gasteiger partial charge in [0.15, 0.2) is 0 Å². The first kappa shape index (κ1) is 15.9. The van der Waals surface area contributed by atoms with Crippen LogP contribution >= 0.6 is 0 Å². The highest BCUT2D eigenvalue weighted by molar-refractivity contribution is 5.96. The summed E-state index contributed by atoms with van der Waals surface area (Å²) in [5, 5.41) is 2.70. The molecule has 116 valence electrons. The Kier molecular flexibility index (Phi) is 5.82. The molecule has 2 aromatic rings. The fourth-order valence-corrected chi connectivity index (χ4v) is 1.99. The SMILES string of the molecule is O=C(NCCCc1ccncc1)c1ccccc1OC(F)F. The van der Waals surface area contributed by atoms with E-state index in [1.165, 1.54) is 18.2 Å². The first-order valence-corrected chi connectivity index (χ1v) is 6.88. The Labute approximate surface area is 127 Å². The molecule has 0 radical (unpaired) electrons. The van der Waals surface area contributed by atoms with Crippen LogP contribution in [0.15, 0.2) is 48.8 Å². The van der Waals surface area contributed by atoms with Gasteiger partial charge in [-0.15, -0.1) is 0 Å². The second kappa shape index (κ2) is 8.07. The zero-order valence-corrected chi connectivity index (χ0v) is 11.8. The molecule has 0 aliphatic rings. The molecule has 0 saturated carbocycles. The number of hydrogen-bond acceptors (Lipinski definition) is 3. The molecule has 0 atom stereocenters. The summed E-state index contributed by atoms with van der Waals surface area (Å²) >= 11 is 0. The molecule has 6 heteroatoms. The number of rotatable bonds is 7. The Balaban J connectivity index is 1.85. The number of nitrogens with zero attached hydrogens (tertiary/aromatic N) is 1. The number of carbonyl (C=O) groups is 1. The summed E-state index contributed by atoms with van der Waals surface area (Å²) in [5.74, 6) is -0.546. The average Bonchev–Trinajstić information content (AvgIpc) is 2.52. The zero-order valence-electron chi connectivity index (χ0n) is 11.8. The third-order valence-corrected chi connectivity index (χ3v) is 3.02. The molecule has 2 rings (SSSR count). The molecule has 1 heterocycles. The number of para-hydroxylation sites is 1. The molecule has 1 aromatic carbocycles. The maximum atomic E-state index is 12.3. The number of halogens is 2. The van der Waals surface area contributed by atoms with Crippen LogP contribution < -0.4 is 10.1 Å². The third kappa shape index (κ3) is 4.80. The normalized spacial score (nSPS) is 10.5. The minimum absolute atomic E-state index is 0.103. The van der Waals surface area contributed by atoms with E-state index in [0.29, 0.717) is 6.54 Å². The van der Waals surface area contributed by atoms with Crippen molar-refractivity contribution in [2.24, 2.45) is 0 Å². The molecule has 0 fully saturated rings. The van der Waals surface area contributed by atoms with Gasteiger partial charge in [-0.3, -0.25) is 9.78 Å². The van der Waals surface area contributed by atoms with Gasteiger partial charge in [0.1, 0.15) is 5.75 Å². The number of aromatic nitrogens is 1. The van der Waals surface area contributed by atoms with Crippen molar-refractivity contribution < 1.29 is 18.3 Å². The van der Waals surface area contributed by atoms with Crippen molar-refractivity contribution in [3.05, 3.63) is 59.9 Å². The summed E-state index contributed by atoms with van der Waals surface area (Å²) in [5.41, 5.74) is 1.23. The lowest BCUT2D eigenvalue weighted by Crippen LogP contribution is -2.25. The van der Waals surface area contributed by atoms with Gasteiger partial charge in [0, 0.05) is 18.9 Å². The molecular formula is C16H16F2N2O2. The maximum absolute atomic E-state index is 12.3. The number of amides is 1. The maximum Gasteiger partial charge on any atom is 0.387 e. The molecule has 0 spiro atoms. The van der Waals surface area contributed by atoms with Gasteiger partial charge in [-0.2, -0.15) is 8.78 Å². The standard InChI is InChI=1S/C16H16F2N2O2/c17-16(18)22-14-6-2-1-5-13(14)15(21)20-9-3-4-12-7-10-19-11-8-12/h1-2,5-8,10-11,16H,3-4,9H2,(H,20,21). The largest absolute Gasteiger partial charge is 0.434 e. The van der Waals surface area contributed by atoms with E-state index in [1.807, 2.05) is 12.1 Å². The van der Waals surface area contributed by atoms with Gasteiger partial charge in [0.05, 0.1) is 5.56 Å². The summed E-state index contributed by atoms with van der Waals surface area (Å²) < 4.78 is 28.9. The van der Waals surface area contributed by atoms with Crippen LogP contribution in [-0.4, -0.2) is 24.0 Å². The van der Waals surface area contributed by atoms with Crippen LogP contribution in [0.2, 0.25) is 0 Å². The van der Waals surface area contributed by atoms with Gasteiger partial charge in [0.25, 0.3) is 5.91 Å². The third-order valence-electron chi connectivity index (χ3n) is 3.02. The minimum Gasteiger partial charge on any atom is -0.434 e. The molecule has 4 nitrogen and oxygen atoms in total. The number of pyridine rings is 1. The van der Waals surface area contributed by atoms with Crippen molar-refractivity contribution in [1.29, 1.82) is 0 Å². The quantitative estimate of drug-likeness (QED) is 0.800. The second-order valence-corrected chi connectivity index (χ2v) is 4.59. The smallest absolute Gasteiger partial charge is 0.387 e. The lowest BCUT2D eigenvalue weighted by Gasteiger charge is -2.10. The van der Waals surface area contributed by atoms with E-state index in [1.54, 1.807) is 18.5 Å². The summed E-state index contributed by atoms with van der Waals surface area (Å²) in [6, 6.07) is 9.76. The van der Waals surface area contributed by atoms with Crippen LogP contribution in [0.4, 0.5) is 8.78 Å². The van der Waals surface area contributed by atoms with Crippen molar-refractivity contribution in [2.75, 3.05) is 6.54 Å². The molecule has 1 aromatic heterocycles. The van der Waals surface area contributed by atoms with E-state index in [9.17, 15) is 13.6 Å². The Morgan fingerprint density at radius 1 is 1.18 bits per heavy atom. The van der Waals surface area contributed by atoms with Crippen molar-refractivity contribution in [3.8, 4) is 5.75 Å². The van der Waals surface area contributed by atoms with E-state index in [-0.39, 0.29) is 11.3 Å². The summed E-state index contributed by atoms with van der Waals surface area (Å²) in [4.78, 5) is 15.9. The highest BCUT2D eigenvalue weighted by Gasteiger charge is 2.14. The fourth-order valence-electron chi connectivity index (χ4n) is 1.99. The Hall–Kier alpha value is -2.50. The van der Waals surface area contributed by atoms with Crippen molar-refractivity contribution in [3.63, 3.8) is 0 Å². The van der Waals surface area contributed by atoms with Gasteiger partial charge >= 0.3 is 6.61 Å². The topological polar surface area (TPSA) is 51.2 Å². The van der Waals surface area contributed by atoms with Crippen molar-refractivity contribution in [2.45, 2.75) is 19.5 Å². The summed E-state index contributed by atoms with van der Waals surface area (Å²) in [7, 11) is 0. The van der Waals surface area contributed by atoms with Gasteiger partial charge in [-0.1, -0.05) is 12.1 Å². The van der Waals surface area contributed by atoms with Gasteiger partial charge in [0.2, 0.25) is 0 Å². The molecular weight excluding hydrogens is 290 g/mol. The molecule has 22 heavy (non-hydrogen) atoms. The predicted octanol–water partition coefficient (Wildman–Crippen LogP) is 3.05. The molecule has 1 amide bonds. The molecule has 0 aliphatic heterocycles. The van der Waals surface area contributed by atoms with Crippen molar-refractivity contribution >= 4 is 5.91 Å². The molecule has 0 unspecified atom stereocenters. The summed E-state index contributed by atoms with van der Waals surface area (Å²) in [6.07, 6.45) is 4.98. The average molecular weight is 306 g/mol. The van der Waals surface area contributed by atoms with Crippen molar-refractivity contribution in [1.82, 2.24) is 10.3 Å².